The second-order valence-corrected chi connectivity index (χ2v) is 5.64. The Morgan fingerprint density at radius 3 is 2.43 bits per heavy atom. The summed E-state index contributed by atoms with van der Waals surface area (Å²) in [5.74, 6) is -0.941. The Morgan fingerprint density at radius 2 is 1.91 bits per heavy atom. The second-order valence-electron chi connectivity index (χ2n) is 5.64. The van der Waals surface area contributed by atoms with E-state index in [4.69, 9.17) is 0 Å². The summed E-state index contributed by atoms with van der Waals surface area (Å²) < 4.78 is 42.8. The van der Waals surface area contributed by atoms with Crippen molar-refractivity contribution in [3.8, 4) is 0 Å². The number of benzene rings is 1. The summed E-state index contributed by atoms with van der Waals surface area (Å²) >= 11 is 0. The quantitative estimate of drug-likeness (QED) is 0.816. The molecule has 0 spiro atoms. The maximum atomic E-state index is 12.7. The van der Waals surface area contributed by atoms with Crippen LogP contribution in [0.3, 0.4) is 0 Å². The summed E-state index contributed by atoms with van der Waals surface area (Å²) in [6.07, 6.45) is -4.31. The predicted octanol–water partition coefficient (Wildman–Crippen LogP) is 2.95. The molecule has 1 N–H and O–H groups in total. The summed E-state index contributed by atoms with van der Waals surface area (Å²) in [5, 5.41) is 2.51. The summed E-state index contributed by atoms with van der Waals surface area (Å²) in [7, 11) is 1.16. The standard InChI is InChI=1S/C16H20F3NO3/c1-10(2)7-14(21)20-13(15(22)23-3)9-11-5-4-6-12(8-11)16(17,18)19/h4-6,8,10,13H,7,9H2,1-3H3,(H,20,21)/t13-/m1/s1. The molecule has 128 valence electrons. The minimum atomic E-state index is -4.46. The molecule has 0 fully saturated rings. The van der Waals surface area contributed by atoms with Crippen molar-refractivity contribution >= 4 is 11.9 Å². The highest BCUT2D eigenvalue weighted by Gasteiger charge is 2.31. The highest BCUT2D eigenvalue weighted by atomic mass is 19.4. The Bertz CT molecular complexity index is 556. The van der Waals surface area contributed by atoms with Gasteiger partial charge in [-0.05, 0) is 17.5 Å². The lowest BCUT2D eigenvalue weighted by atomic mass is 10.0. The number of ether oxygens (including phenoxy) is 1. The highest BCUT2D eigenvalue weighted by Crippen LogP contribution is 2.29. The molecule has 0 aliphatic rings. The zero-order valence-corrected chi connectivity index (χ0v) is 13.2. The van der Waals surface area contributed by atoms with Crippen LogP contribution in [0.1, 0.15) is 31.4 Å². The molecule has 0 heterocycles. The van der Waals surface area contributed by atoms with Crippen molar-refractivity contribution in [1.29, 1.82) is 0 Å². The van der Waals surface area contributed by atoms with E-state index in [1.165, 1.54) is 12.1 Å². The number of amides is 1. The SMILES string of the molecule is COC(=O)[C@@H](Cc1cccc(C(F)(F)F)c1)NC(=O)CC(C)C. The number of methoxy groups -OCH3 is 1. The molecule has 7 heteroatoms. The average Bonchev–Trinajstić information content (AvgIpc) is 2.44. The molecular weight excluding hydrogens is 311 g/mol. The Kier molecular flexibility index (Phi) is 6.60. The molecule has 0 aliphatic carbocycles. The van der Waals surface area contributed by atoms with Gasteiger partial charge in [-0.1, -0.05) is 32.0 Å². The molecule has 0 bridgehead atoms. The van der Waals surface area contributed by atoms with E-state index in [9.17, 15) is 22.8 Å². The van der Waals surface area contributed by atoms with Gasteiger partial charge in [-0.25, -0.2) is 4.79 Å². The molecule has 1 atom stereocenters. The third-order valence-corrected chi connectivity index (χ3v) is 3.11. The number of esters is 1. The highest BCUT2D eigenvalue weighted by molar-refractivity contribution is 5.84. The van der Waals surface area contributed by atoms with Crippen LogP contribution < -0.4 is 5.32 Å². The van der Waals surface area contributed by atoms with Gasteiger partial charge >= 0.3 is 12.1 Å². The molecule has 1 aromatic rings. The number of halogens is 3. The van der Waals surface area contributed by atoms with Crippen LogP contribution in [-0.2, 0) is 26.9 Å². The molecule has 0 unspecified atom stereocenters. The Hall–Kier alpha value is -2.05. The Balaban J connectivity index is 2.89. The molecule has 0 saturated heterocycles. The van der Waals surface area contributed by atoms with Crippen LogP contribution in [0.15, 0.2) is 24.3 Å². The summed E-state index contributed by atoms with van der Waals surface area (Å²) in [5.41, 5.74) is -0.507. The number of carbonyl (C=O) groups excluding carboxylic acids is 2. The first kappa shape index (κ1) is 19.0. The van der Waals surface area contributed by atoms with Gasteiger partial charge in [0, 0.05) is 12.8 Å². The first-order valence-corrected chi connectivity index (χ1v) is 7.16. The first-order valence-electron chi connectivity index (χ1n) is 7.16. The maximum absolute atomic E-state index is 12.7. The van der Waals surface area contributed by atoms with Crippen LogP contribution >= 0.6 is 0 Å². The normalized spacial score (nSPS) is 12.8. The van der Waals surface area contributed by atoms with Crippen molar-refractivity contribution in [3.63, 3.8) is 0 Å². The van der Waals surface area contributed by atoms with Gasteiger partial charge in [0.1, 0.15) is 6.04 Å². The zero-order chi connectivity index (χ0) is 17.6. The van der Waals surface area contributed by atoms with Crippen molar-refractivity contribution in [2.75, 3.05) is 7.11 Å². The molecule has 0 aromatic heterocycles. The maximum Gasteiger partial charge on any atom is 0.416 e. The van der Waals surface area contributed by atoms with Gasteiger partial charge in [-0.3, -0.25) is 4.79 Å². The van der Waals surface area contributed by atoms with Crippen LogP contribution in [0.4, 0.5) is 13.2 Å². The van der Waals surface area contributed by atoms with E-state index in [0.29, 0.717) is 5.56 Å². The van der Waals surface area contributed by atoms with Crippen LogP contribution in [0.5, 0.6) is 0 Å². The summed E-state index contributed by atoms with van der Waals surface area (Å²) in [6.45, 7) is 3.69. The van der Waals surface area contributed by atoms with E-state index in [1.54, 1.807) is 0 Å². The van der Waals surface area contributed by atoms with E-state index < -0.39 is 23.8 Å². The summed E-state index contributed by atoms with van der Waals surface area (Å²) in [4.78, 5) is 23.6. The van der Waals surface area contributed by atoms with Crippen molar-refractivity contribution in [2.45, 2.75) is 38.9 Å². The third kappa shape index (κ3) is 6.30. The van der Waals surface area contributed by atoms with Gasteiger partial charge in [-0.2, -0.15) is 13.2 Å². The first-order chi connectivity index (χ1) is 10.6. The molecule has 0 aliphatic heterocycles. The molecule has 0 saturated carbocycles. The molecule has 0 radical (unpaired) electrons. The van der Waals surface area contributed by atoms with Gasteiger partial charge in [0.2, 0.25) is 5.91 Å². The topological polar surface area (TPSA) is 55.4 Å². The largest absolute Gasteiger partial charge is 0.467 e. The van der Waals surface area contributed by atoms with Gasteiger partial charge < -0.3 is 10.1 Å². The van der Waals surface area contributed by atoms with Crippen molar-refractivity contribution in [2.24, 2.45) is 5.92 Å². The van der Waals surface area contributed by atoms with Crippen LogP contribution in [0, 0.1) is 5.92 Å². The number of alkyl halides is 3. The number of nitrogens with one attached hydrogen (secondary N) is 1. The smallest absolute Gasteiger partial charge is 0.416 e. The molecule has 4 nitrogen and oxygen atoms in total. The lowest BCUT2D eigenvalue weighted by molar-refractivity contribution is -0.145. The molecular formula is C16H20F3NO3. The van der Waals surface area contributed by atoms with Crippen LogP contribution in [0.25, 0.3) is 0 Å². The van der Waals surface area contributed by atoms with Crippen LogP contribution in [0.2, 0.25) is 0 Å². The minimum absolute atomic E-state index is 0.0690. The number of hydrogen-bond acceptors (Lipinski definition) is 3. The lowest BCUT2D eigenvalue weighted by Crippen LogP contribution is -2.43. The van der Waals surface area contributed by atoms with Gasteiger partial charge in [0.15, 0.2) is 0 Å². The fraction of sp³-hybridized carbons (Fsp3) is 0.500. The van der Waals surface area contributed by atoms with Gasteiger partial charge in [0.05, 0.1) is 12.7 Å². The number of carbonyl (C=O) groups is 2. The predicted molar refractivity (Wildman–Crippen MR) is 78.5 cm³/mol. The molecule has 1 rings (SSSR count). The fourth-order valence-corrected chi connectivity index (χ4v) is 2.07. The summed E-state index contributed by atoms with van der Waals surface area (Å²) in [6, 6.07) is 3.63. The number of hydrogen-bond donors (Lipinski definition) is 1. The molecule has 1 aromatic carbocycles. The third-order valence-electron chi connectivity index (χ3n) is 3.11. The Morgan fingerprint density at radius 1 is 1.26 bits per heavy atom. The van der Waals surface area contributed by atoms with Crippen molar-refractivity contribution in [1.82, 2.24) is 5.32 Å². The van der Waals surface area contributed by atoms with E-state index in [-0.39, 0.29) is 24.7 Å². The monoisotopic (exact) mass is 331 g/mol. The Labute approximate surface area is 133 Å². The molecule has 1 amide bonds. The lowest BCUT2D eigenvalue weighted by Gasteiger charge is -2.18. The molecule has 23 heavy (non-hydrogen) atoms. The van der Waals surface area contributed by atoms with E-state index in [2.05, 4.69) is 10.1 Å². The fourth-order valence-electron chi connectivity index (χ4n) is 2.07. The van der Waals surface area contributed by atoms with Crippen molar-refractivity contribution < 1.29 is 27.5 Å². The van der Waals surface area contributed by atoms with Gasteiger partial charge in [-0.15, -0.1) is 0 Å². The van der Waals surface area contributed by atoms with E-state index >= 15 is 0 Å². The van der Waals surface area contributed by atoms with Crippen LogP contribution in [-0.4, -0.2) is 25.0 Å². The van der Waals surface area contributed by atoms with Gasteiger partial charge in [0.25, 0.3) is 0 Å². The zero-order valence-electron chi connectivity index (χ0n) is 13.2. The average molecular weight is 331 g/mol. The van der Waals surface area contributed by atoms with E-state index in [0.717, 1.165) is 19.2 Å². The van der Waals surface area contributed by atoms with Crippen molar-refractivity contribution in [3.05, 3.63) is 35.4 Å². The van der Waals surface area contributed by atoms with E-state index in [1.807, 2.05) is 13.8 Å². The second kappa shape index (κ2) is 7.99. The number of rotatable bonds is 6. The minimum Gasteiger partial charge on any atom is -0.467 e.